The van der Waals surface area contributed by atoms with Crippen molar-refractivity contribution >= 4 is 26.3 Å². The second-order valence-corrected chi connectivity index (χ2v) is 9.62. The maximum absolute atomic E-state index is 11.5. The molecule has 3 rings (SSSR count). The van der Waals surface area contributed by atoms with Crippen LogP contribution in [0.25, 0.3) is 0 Å². The van der Waals surface area contributed by atoms with E-state index in [9.17, 15) is 8.42 Å². The molecular weight excluding hydrogens is 306 g/mol. The summed E-state index contributed by atoms with van der Waals surface area (Å²) in [7, 11) is -2.83. The number of anilines is 1. The van der Waals surface area contributed by atoms with Crippen LogP contribution in [0, 0.1) is 0 Å². The van der Waals surface area contributed by atoms with E-state index in [-0.39, 0.29) is 11.5 Å². The highest BCUT2D eigenvalue weighted by Crippen LogP contribution is 2.44. The molecule has 0 aromatic carbocycles. The summed E-state index contributed by atoms with van der Waals surface area (Å²) in [6.07, 6.45) is 2.48. The Labute approximate surface area is 130 Å². The first-order valence-electron chi connectivity index (χ1n) is 7.63. The molecule has 1 aromatic rings. The smallest absolute Gasteiger partial charge is 0.185 e. The van der Waals surface area contributed by atoms with Crippen molar-refractivity contribution in [2.24, 2.45) is 0 Å². The molecule has 1 aliphatic heterocycles. The minimum absolute atomic E-state index is 0.255. The molecular formula is C14H23N3O2S2. The van der Waals surface area contributed by atoms with Gasteiger partial charge >= 0.3 is 0 Å². The van der Waals surface area contributed by atoms with E-state index < -0.39 is 9.84 Å². The highest BCUT2D eigenvalue weighted by Gasteiger charge is 2.31. The van der Waals surface area contributed by atoms with Crippen molar-refractivity contribution in [1.29, 1.82) is 0 Å². The maximum atomic E-state index is 11.5. The third-order valence-electron chi connectivity index (χ3n) is 3.97. The summed E-state index contributed by atoms with van der Waals surface area (Å²) in [5.74, 6) is 1.14. The van der Waals surface area contributed by atoms with E-state index in [4.69, 9.17) is 4.98 Å². The van der Waals surface area contributed by atoms with Crippen LogP contribution in [-0.4, -0.2) is 44.0 Å². The minimum atomic E-state index is -2.83. The van der Waals surface area contributed by atoms with Gasteiger partial charge in [-0.05, 0) is 12.8 Å². The van der Waals surface area contributed by atoms with Crippen LogP contribution < -0.4 is 10.2 Å². The van der Waals surface area contributed by atoms with Gasteiger partial charge in [-0.2, -0.15) is 0 Å². The molecule has 2 heterocycles. The van der Waals surface area contributed by atoms with Crippen LogP contribution in [0.4, 0.5) is 5.13 Å². The lowest BCUT2D eigenvalue weighted by Crippen LogP contribution is -2.40. The Balaban J connectivity index is 1.75. The SMILES string of the molecule is CC(C)NCc1sc(N2CCS(=O)(=O)CC2)nc1C1CC1. The third-order valence-corrected chi connectivity index (χ3v) is 6.71. The Morgan fingerprint density at radius 1 is 1.33 bits per heavy atom. The van der Waals surface area contributed by atoms with E-state index in [2.05, 4.69) is 24.1 Å². The topological polar surface area (TPSA) is 62.3 Å². The van der Waals surface area contributed by atoms with Gasteiger partial charge in [0.1, 0.15) is 0 Å². The summed E-state index contributed by atoms with van der Waals surface area (Å²) < 4.78 is 23.1. The molecule has 2 aliphatic rings. The van der Waals surface area contributed by atoms with Crippen molar-refractivity contribution < 1.29 is 8.42 Å². The summed E-state index contributed by atoms with van der Waals surface area (Å²) in [5, 5.41) is 4.48. The normalized spacial score (nSPS) is 22.0. The first kappa shape index (κ1) is 15.2. The zero-order valence-electron chi connectivity index (χ0n) is 12.6. The summed E-state index contributed by atoms with van der Waals surface area (Å²) in [5.41, 5.74) is 1.25. The zero-order valence-corrected chi connectivity index (χ0v) is 14.3. The lowest BCUT2D eigenvalue weighted by Gasteiger charge is -2.25. The quantitative estimate of drug-likeness (QED) is 0.892. The van der Waals surface area contributed by atoms with Crippen LogP contribution in [0.1, 0.15) is 43.2 Å². The average molecular weight is 329 g/mol. The van der Waals surface area contributed by atoms with Crippen LogP contribution in [0.3, 0.4) is 0 Å². The number of hydrogen-bond donors (Lipinski definition) is 1. The highest BCUT2D eigenvalue weighted by molar-refractivity contribution is 7.91. The molecule has 7 heteroatoms. The van der Waals surface area contributed by atoms with Gasteiger partial charge in [-0.15, -0.1) is 11.3 Å². The molecule has 0 radical (unpaired) electrons. The fourth-order valence-corrected chi connectivity index (χ4v) is 4.84. The Bertz CT molecular complexity index is 592. The van der Waals surface area contributed by atoms with E-state index in [0.717, 1.165) is 11.7 Å². The molecule has 0 bridgehead atoms. The molecule has 0 amide bonds. The summed E-state index contributed by atoms with van der Waals surface area (Å²) in [6, 6.07) is 0.461. The number of sulfone groups is 1. The minimum Gasteiger partial charge on any atom is -0.346 e. The first-order valence-corrected chi connectivity index (χ1v) is 10.3. The van der Waals surface area contributed by atoms with Gasteiger partial charge in [0, 0.05) is 36.5 Å². The van der Waals surface area contributed by atoms with Gasteiger partial charge in [0.25, 0.3) is 0 Å². The molecule has 1 saturated heterocycles. The first-order chi connectivity index (χ1) is 9.94. The lowest BCUT2D eigenvalue weighted by molar-refractivity contribution is 0.586. The number of thiazole rings is 1. The second kappa shape index (κ2) is 5.85. The fourth-order valence-electron chi connectivity index (χ4n) is 2.49. The van der Waals surface area contributed by atoms with E-state index in [1.54, 1.807) is 11.3 Å². The zero-order chi connectivity index (χ0) is 15.0. The maximum Gasteiger partial charge on any atom is 0.185 e. The van der Waals surface area contributed by atoms with Crippen molar-refractivity contribution in [3.8, 4) is 0 Å². The van der Waals surface area contributed by atoms with Gasteiger partial charge < -0.3 is 10.2 Å². The summed E-state index contributed by atoms with van der Waals surface area (Å²) in [6.45, 7) is 6.32. The molecule has 0 spiro atoms. The third kappa shape index (κ3) is 3.76. The van der Waals surface area contributed by atoms with Crippen LogP contribution in [-0.2, 0) is 16.4 Å². The molecule has 0 atom stereocenters. The number of rotatable bonds is 5. The van der Waals surface area contributed by atoms with E-state index in [0.29, 0.717) is 25.0 Å². The molecule has 118 valence electrons. The molecule has 0 unspecified atom stereocenters. The van der Waals surface area contributed by atoms with Crippen molar-refractivity contribution in [3.63, 3.8) is 0 Å². The number of aromatic nitrogens is 1. The predicted octanol–water partition coefficient (Wildman–Crippen LogP) is 1.75. The van der Waals surface area contributed by atoms with Gasteiger partial charge in [0.2, 0.25) is 0 Å². The van der Waals surface area contributed by atoms with E-state index in [1.807, 2.05) is 0 Å². The highest BCUT2D eigenvalue weighted by atomic mass is 32.2. The predicted molar refractivity (Wildman–Crippen MR) is 86.9 cm³/mol. The second-order valence-electron chi connectivity index (χ2n) is 6.25. The molecule has 21 heavy (non-hydrogen) atoms. The van der Waals surface area contributed by atoms with E-state index >= 15 is 0 Å². The van der Waals surface area contributed by atoms with Crippen LogP contribution in [0.15, 0.2) is 0 Å². The molecule has 1 aromatic heterocycles. The van der Waals surface area contributed by atoms with Gasteiger partial charge in [-0.3, -0.25) is 0 Å². The summed E-state index contributed by atoms with van der Waals surface area (Å²) >= 11 is 1.73. The molecule has 2 fully saturated rings. The monoisotopic (exact) mass is 329 g/mol. The van der Waals surface area contributed by atoms with Gasteiger partial charge in [0.05, 0.1) is 17.2 Å². The van der Waals surface area contributed by atoms with Crippen LogP contribution in [0.2, 0.25) is 0 Å². The number of nitrogens with one attached hydrogen (secondary N) is 1. The molecule has 5 nitrogen and oxygen atoms in total. The molecule has 1 N–H and O–H groups in total. The van der Waals surface area contributed by atoms with Crippen LogP contribution in [0.5, 0.6) is 0 Å². The van der Waals surface area contributed by atoms with Gasteiger partial charge in [0.15, 0.2) is 15.0 Å². The van der Waals surface area contributed by atoms with Crippen molar-refractivity contribution in [2.45, 2.75) is 45.2 Å². The summed E-state index contributed by atoms with van der Waals surface area (Å²) in [4.78, 5) is 8.29. The molecule has 1 aliphatic carbocycles. The Morgan fingerprint density at radius 2 is 2.00 bits per heavy atom. The van der Waals surface area contributed by atoms with Crippen LogP contribution >= 0.6 is 11.3 Å². The standard InChI is InChI=1S/C14H23N3O2S2/c1-10(2)15-9-12-13(11-3-4-11)16-14(20-12)17-5-7-21(18,19)8-6-17/h10-11,15H,3-9H2,1-2H3. The number of hydrogen-bond acceptors (Lipinski definition) is 6. The Morgan fingerprint density at radius 3 is 2.57 bits per heavy atom. The van der Waals surface area contributed by atoms with E-state index in [1.165, 1.54) is 23.4 Å². The fraction of sp³-hybridized carbons (Fsp3) is 0.786. The number of nitrogens with zero attached hydrogens (tertiary/aromatic N) is 2. The Hall–Kier alpha value is -0.660. The largest absolute Gasteiger partial charge is 0.346 e. The van der Waals surface area contributed by atoms with Crippen molar-refractivity contribution in [3.05, 3.63) is 10.6 Å². The van der Waals surface area contributed by atoms with Crippen molar-refractivity contribution in [2.75, 3.05) is 29.5 Å². The van der Waals surface area contributed by atoms with Crippen molar-refractivity contribution in [1.82, 2.24) is 10.3 Å². The molecule has 1 saturated carbocycles. The van der Waals surface area contributed by atoms with Gasteiger partial charge in [-0.25, -0.2) is 13.4 Å². The lowest BCUT2D eigenvalue weighted by atomic mass is 10.2. The van der Waals surface area contributed by atoms with Gasteiger partial charge in [-0.1, -0.05) is 13.8 Å². The Kier molecular flexibility index (Phi) is 4.25. The average Bonchev–Trinajstić information content (AvgIpc) is 3.17.